The third kappa shape index (κ3) is 3.47. The van der Waals surface area contributed by atoms with Crippen LogP contribution in [0.5, 0.6) is 0 Å². The summed E-state index contributed by atoms with van der Waals surface area (Å²) < 4.78 is 0. The van der Waals surface area contributed by atoms with E-state index >= 15 is 0 Å². The van der Waals surface area contributed by atoms with E-state index in [9.17, 15) is 9.59 Å². The SMILES string of the molecule is Cc1ccccc1N1CCCN2C3C(=O)N(C/C=C/c4ccccc4)C(=O)N(C)C3NC12. The molecule has 0 bridgehead atoms. The minimum atomic E-state index is -0.389. The van der Waals surface area contributed by atoms with Gasteiger partial charge in [0.2, 0.25) is 0 Å². The second-order valence-electron chi connectivity index (χ2n) is 8.66. The molecule has 3 heterocycles. The molecule has 3 fully saturated rings. The van der Waals surface area contributed by atoms with Crippen molar-refractivity contribution < 1.29 is 9.59 Å². The Bertz CT molecular complexity index is 1040. The van der Waals surface area contributed by atoms with E-state index < -0.39 is 0 Å². The van der Waals surface area contributed by atoms with Gasteiger partial charge in [0.1, 0.15) is 18.5 Å². The van der Waals surface area contributed by atoms with Crippen molar-refractivity contribution in [2.24, 2.45) is 0 Å². The van der Waals surface area contributed by atoms with E-state index in [0.29, 0.717) is 0 Å². The van der Waals surface area contributed by atoms with Gasteiger partial charge >= 0.3 is 6.03 Å². The monoisotopic (exact) mass is 431 g/mol. The van der Waals surface area contributed by atoms with E-state index in [0.717, 1.165) is 30.8 Å². The third-order valence-electron chi connectivity index (χ3n) is 6.69. The number of carbonyl (C=O) groups is 2. The molecule has 0 aliphatic carbocycles. The van der Waals surface area contributed by atoms with Gasteiger partial charge in [0.25, 0.3) is 5.91 Å². The Morgan fingerprint density at radius 1 is 1.03 bits per heavy atom. The van der Waals surface area contributed by atoms with Gasteiger partial charge in [-0.15, -0.1) is 0 Å². The standard InChI is InChI=1S/C25H29N5O2/c1-18-10-6-7-14-20(18)28-16-9-17-29-21-22(26-24(28)29)27(2)25(32)30(23(21)31)15-8-13-19-11-4-3-5-12-19/h3-8,10-14,21-22,24,26H,9,15-17H2,1-2H3/b13-8+. The number of nitrogens with zero attached hydrogens (tertiary/aromatic N) is 4. The number of amides is 3. The first kappa shape index (κ1) is 20.7. The van der Waals surface area contributed by atoms with Crippen LogP contribution in [0.15, 0.2) is 60.7 Å². The minimum Gasteiger partial charge on any atom is -0.343 e. The van der Waals surface area contributed by atoms with Crippen molar-refractivity contribution in [2.75, 3.05) is 31.6 Å². The minimum absolute atomic E-state index is 0.112. The molecule has 3 atom stereocenters. The summed E-state index contributed by atoms with van der Waals surface area (Å²) in [6.07, 6.45) is 4.35. The maximum atomic E-state index is 13.5. The lowest BCUT2D eigenvalue weighted by atomic mass is 10.1. The predicted molar refractivity (Wildman–Crippen MR) is 125 cm³/mol. The number of hydrogen-bond donors (Lipinski definition) is 1. The molecule has 0 spiro atoms. The van der Waals surface area contributed by atoms with E-state index in [4.69, 9.17) is 0 Å². The fourth-order valence-corrected chi connectivity index (χ4v) is 5.08. The van der Waals surface area contributed by atoms with Crippen molar-refractivity contribution in [2.45, 2.75) is 31.8 Å². The maximum Gasteiger partial charge on any atom is 0.328 e. The van der Waals surface area contributed by atoms with Crippen molar-refractivity contribution in [3.8, 4) is 0 Å². The second-order valence-corrected chi connectivity index (χ2v) is 8.66. The van der Waals surface area contributed by atoms with Crippen molar-refractivity contribution >= 4 is 23.7 Å². The summed E-state index contributed by atoms with van der Waals surface area (Å²) in [6, 6.07) is 17.6. The Labute approximate surface area is 188 Å². The maximum absolute atomic E-state index is 13.5. The van der Waals surface area contributed by atoms with Crippen molar-refractivity contribution in [1.82, 2.24) is 20.0 Å². The van der Waals surface area contributed by atoms with Gasteiger partial charge in [-0.05, 0) is 30.5 Å². The van der Waals surface area contributed by atoms with E-state index in [-0.39, 0.29) is 37.0 Å². The smallest absolute Gasteiger partial charge is 0.328 e. The van der Waals surface area contributed by atoms with Gasteiger partial charge in [0, 0.05) is 32.4 Å². The first-order valence-corrected chi connectivity index (χ1v) is 11.2. The molecule has 2 aromatic carbocycles. The molecule has 7 heteroatoms. The molecule has 3 amide bonds. The van der Waals surface area contributed by atoms with Crippen LogP contribution in [-0.2, 0) is 4.79 Å². The number of carbonyl (C=O) groups excluding carboxylic acids is 2. The zero-order valence-corrected chi connectivity index (χ0v) is 18.5. The molecule has 3 unspecified atom stereocenters. The van der Waals surface area contributed by atoms with Gasteiger partial charge in [0.05, 0.1) is 0 Å². The molecule has 0 aromatic heterocycles. The number of imide groups is 1. The lowest BCUT2D eigenvalue weighted by molar-refractivity contribution is -0.138. The summed E-state index contributed by atoms with van der Waals surface area (Å²) in [5.74, 6) is -0.127. The highest BCUT2D eigenvalue weighted by atomic mass is 16.2. The summed E-state index contributed by atoms with van der Waals surface area (Å²) in [4.78, 5) is 34.2. The molecule has 1 N–H and O–H groups in total. The van der Waals surface area contributed by atoms with Crippen LogP contribution in [0, 0.1) is 6.92 Å². The molecule has 3 saturated heterocycles. The molecular formula is C25H29N5O2. The zero-order valence-electron chi connectivity index (χ0n) is 18.5. The van der Waals surface area contributed by atoms with Gasteiger partial charge in [-0.2, -0.15) is 0 Å². The first-order chi connectivity index (χ1) is 15.6. The van der Waals surface area contributed by atoms with Crippen LogP contribution in [0.2, 0.25) is 0 Å². The quantitative estimate of drug-likeness (QED) is 0.807. The van der Waals surface area contributed by atoms with Gasteiger partial charge in [-0.25, -0.2) is 4.79 Å². The predicted octanol–water partition coefficient (Wildman–Crippen LogP) is 2.70. The lowest BCUT2D eigenvalue weighted by Gasteiger charge is -2.44. The van der Waals surface area contributed by atoms with E-state index in [1.165, 1.54) is 10.5 Å². The number of nitrogens with one attached hydrogen (secondary N) is 1. The second kappa shape index (κ2) is 8.41. The number of anilines is 1. The van der Waals surface area contributed by atoms with Crippen LogP contribution in [0.1, 0.15) is 17.5 Å². The first-order valence-electron chi connectivity index (χ1n) is 11.2. The highest BCUT2D eigenvalue weighted by Crippen LogP contribution is 2.34. The molecule has 166 valence electrons. The highest BCUT2D eigenvalue weighted by Gasteiger charge is 2.55. The van der Waals surface area contributed by atoms with E-state index in [2.05, 4.69) is 34.2 Å². The molecule has 0 radical (unpaired) electrons. The van der Waals surface area contributed by atoms with Crippen LogP contribution in [0.3, 0.4) is 0 Å². The molecular weight excluding hydrogens is 402 g/mol. The Hall–Kier alpha value is -3.16. The number of fused-ring (bicyclic) bond motifs is 3. The fourth-order valence-electron chi connectivity index (χ4n) is 5.08. The Morgan fingerprint density at radius 2 is 1.78 bits per heavy atom. The fraction of sp³-hybridized carbons (Fsp3) is 0.360. The van der Waals surface area contributed by atoms with E-state index in [1.54, 1.807) is 11.9 Å². The number of hydrogen-bond acceptors (Lipinski definition) is 5. The Morgan fingerprint density at radius 3 is 2.56 bits per heavy atom. The number of aryl methyl sites for hydroxylation is 1. The zero-order chi connectivity index (χ0) is 22.2. The molecule has 0 saturated carbocycles. The van der Waals surface area contributed by atoms with Crippen LogP contribution >= 0.6 is 0 Å². The van der Waals surface area contributed by atoms with Crippen LogP contribution in [0.25, 0.3) is 6.08 Å². The molecule has 5 rings (SSSR count). The van der Waals surface area contributed by atoms with E-state index in [1.807, 2.05) is 54.6 Å². The number of urea groups is 1. The van der Waals surface area contributed by atoms with Crippen LogP contribution in [-0.4, -0.2) is 71.8 Å². The average molecular weight is 432 g/mol. The molecule has 32 heavy (non-hydrogen) atoms. The number of benzene rings is 2. The summed E-state index contributed by atoms with van der Waals surface area (Å²) >= 11 is 0. The van der Waals surface area contributed by atoms with Gasteiger partial charge in [-0.1, -0.05) is 60.7 Å². The topological polar surface area (TPSA) is 59.1 Å². The van der Waals surface area contributed by atoms with Crippen LogP contribution < -0.4 is 10.2 Å². The molecule has 2 aromatic rings. The van der Waals surface area contributed by atoms with Crippen molar-refractivity contribution in [3.63, 3.8) is 0 Å². The summed E-state index contributed by atoms with van der Waals surface area (Å²) in [6.45, 7) is 4.11. The van der Waals surface area contributed by atoms with Crippen molar-refractivity contribution in [3.05, 3.63) is 71.8 Å². The Kier molecular flexibility index (Phi) is 5.45. The highest BCUT2D eigenvalue weighted by molar-refractivity contribution is 6.00. The number of rotatable bonds is 4. The molecule has 7 nitrogen and oxygen atoms in total. The van der Waals surface area contributed by atoms with Crippen molar-refractivity contribution in [1.29, 1.82) is 0 Å². The summed E-state index contributed by atoms with van der Waals surface area (Å²) in [7, 11) is 1.78. The third-order valence-corrected chi connectivity index (χ3v) is 6.69. The molecule has 3 aliphatic rings. The summed E-state index contributed by atoms with van der Waals surface area (Å²) in [5, 5.41) is 3.58. The number of para-hydroxylation sites is 1. The average Bonchev–Trinajstić information content (AvgIpc) is 3.21. The summed E-state index contributed by atoms with van der Waals surface area (Å²) in [5.41, 5.74) is 3.41. The number of likely N-dealkylation sites (N-methyl/N-ethyl adjacent to an activating group) is 1. The Balaban J connectivity index is 1.38. The normalized spacial score (nSPS) is 26.1. The molecule has 3 aliphatic heterocycles. The van der Waals surface area contributed by atoms with Gasteiger partial charge in [-0.3, -0.25) is 19.9 Å². The van der Waals surface area contributed by atoms with Gasteiger partial charge < -0.3 is 9.80 Å². The van der Waals surface area contributed by atoms with Crippen LogP contribution in [0.4, 0.5) is 10.5 Å². The lowest BCUT2D eigenvalue weighted by Crippen LogP contribution is -2.66. The van der Waals surface area contributed by atoms with Gasteiger partial charge in [0.15, 0.2) is 0 Å². The largest absolute Gasteiger partial charge is 0.343 e.